The summed E-state index contributed by atoms with van der Waals surface area (Å²) < 4.78 is 6.34. The fraction of sp³-hybridized carbons (Fsp3) is 0.647. The summed E-state index contributed by atoms with van der Waals surface area (Å²) >= 11 is 0. The van der Waals surface area contributed by atoms with Gasteiger partial charge in [-0.05, 0) is 49.8 Å². The maximum atomic E-state index is 9.77. The number of phenols is 1. The molecule has 1 aliphatic carbocycles. The lowest BCUT2D eigenvalue weighted by molar-refractivity contribution is -0.157. The van der Waals surface area contributed by atoms with Crippen molar-refractivity contribution in [3.05, 3.63) is 29.8 Å². The van der Waals surface area contributed by atoms with Gasteiger partial charge >= 0.3 is 0 Å². The predicted octanol–water partition coefficient (Wildman–Crippen LogP) is 3.13. The van der Waals surface area contributed by atoms with Crippen LogP contribution < -0.4 is 0 Å². The quantitative estimate of drug-likeness (QED) is 0.916. The second-order valence-corrected chi connectivity index (χ2v) is 6.46. The molecule has 1 N–H and O–H groups in total. The van der Waals surface area contributed by atoms with Gasteiger partial charge in [-0.3, -0.25) is 4.90 Å². The summed E-state index contributed by atoms with van der Waals surface area (Å²) in [5.41, 5.74) is 0.832. The molecule has 2 aliphatic rings. The molecule has 1 saturated carbocycles. The minimum Gasteiger partial charge on any atom is -0.508 e. The Labute approximate surface area is 121 Å². The van der Waals surface area contributed by atoms with Crippen LogP contribution >= 0.6 is 0 Å². The molecule has 3 heteroatoms. The summed E-state index contributed by atoms with van der Waals surface area (Å²) in [5, 5.41) is 9.77. The van der Waals surface area contributed by atoms with E-state index < -0.39 is 0 Å². The lowest BCUT2D eigenvalue weighted by atomic mass is 9.88. The molecule has 0 aromatic heterocycles. The number of aromatic hydroxyl groups is 1. The summed E-state index contributed by atoms with van der Waals surface area (Å²) in [7, 11) is 0. The van der Waals surface area contributed by atoms with Gasteiger partial charge in [0.1, 0.15) is 11.4 Å². The highest BCUT2D eigenvalue weighted by Gasteiger charge is 2.41. The molecule has 0 spiro atoms. The molecular weight excluding hydrogens is 250 g/mol. The van der Waals surface area contributed by atoms with Crippen molar-refractivity contribution in [1.82, 2.24) is 4.90 Å². The minimum atomic E-state index is -0.273. The van der Waals surface area contributed by atoms with Gasteiger partial charge in [-0.25, -0.2) is 0 Å². The van der Waals surface area contributed by atoms with Gasteiger partial charge in [0.2, 0.25) is 0 Å². The van der Waals surface area contributed by atoms with Crippen LogP contribution in [-0.4, -0.2) is 35.7 Å². The van der Waals surface area contributed by atoms with Crippen molar-refractivity contribution in [2.45, 2.75) is 44.8 Å². The van der Waals surface area contributed by atoms with Crippen LogP contribution in [0.3, 0.4) is 0 Å². The van der Waals surface area contributed by atoms with Crippen molar-refractivity contribution < 1.29 is 9.84 Å². The zero-order chi connectivity index (χ0) is 14.2. The number of morpholine rings is 1. The van der Waals surface area contributed by atoms with Gasteiger partial charge < -0.3 is 9.84 Å². The first kappa shape index (κ1) is 13.9. The molecule has 0 amide bonds. The number of ether oxygens (including phenoxy) is 1. The molecule has 1 heterocycles. The average Bonchev–Trinajstić information content (AvgIpc) is 3.22. The molecule has 3 nitrogen and oxygen atoms in total. The van der Waals surface area contributed by atoms with Crippen molar-refractivity contribution in [2.24, 2.45) is 5.92 Å². The van der Waals surface area contributed by atoms with E-state index in [1.54, 1.807) is 6.07 Å². The lowest BCUT2D eigenvalue weighted by Crippen LogP contribution is -2.53. The third-order valence-electron chi connectivity index (χ3n) is 4.58. The van der Waals surface area contributed by atoms with Crippen molar-refractivity contribution in [2.75, 3.05) is 19.6 Å². The van der Waals surface area contributed by atoms with E-state index >= 15 is 0 Å². The van der Waals surface area contributed by atoms with Crippen LogP contribution in [0.1, 0.15) is 38.7 Å². The Hall–Kier alpha value is -1.06. The molecular formula is C17H25NO2. The highest BCUT2D eigenvalue weighted by molar-refractivity contribution is 5.32. The SMILES string of the molecule is CCC1(c2cccc(O)c2)CN(CC2CC2)CC(C)O1. The number of rotatable bonds is 4. The first-order valence-electron chi connectivity index (χ1n) is 7.81. The first-order valence-corrected chi connectivity index (χ1v) is 7.81. The lowest BCUT2D eigenvalue weighted by Gasteiger charge is -2.46. The maximum Gasteiger partial charge on any atom is 0.115 e. The predicted molar refractivity (Wildman–Crippen MR) is 79.8 cm³/mol. The molecule has 2 fully saturated rings. The fourth-order valence-electron chi connectivity index (χ4n) is 3.40. The van der Waals surface area contributed by atoms with Crippen LogP contribution in [0.15, 0.2) is 24.3 Å². The molecule has 1 aliphatic heterocycles. The number of benzene rings is 1. The van der Waals surface area contributed by atoms with E-state index in [4.69, 9.17) is 4.74 Å². The zero-order valence-corrected chi connectivity index (χ0v) is 12.5. The second-order valence-electron chi connectivity index (χ2n) is 6.46. The van der Waals surface area contributed by atoms with Gasteiger partial charge in [0.05, 0.1) is 6.10 Å². The van der Waals surface area contributed by atoms with E-state index in [1.165, 1.54) is 19.4 Å². The Morgan fingerprint density at radius 1 is 1.40 bits per heavy atom. The number of phenolic OH excluding ortho intramolecular Hbond substituents is 1. The summed E-state index contributed by atoms with van der Waals surface area (Å²) in [6.07, 6.45) is 3.94. The van der Waals surface area contributed by atoms with E-state index in [1.807, 2.05) is 12.1 Å². The van der Waals surface area contributed by atoms with Crippen LogP contribution in [0.2, 0.25) is 0 Å². The summed E-state index contributed by atoms with van der Waals surface area (Å²) in [5.74, 6) is 1.23. The molecule has 0 radical (unpaired) electrons. The molecule has 20 heavy (non-hydrogen) atoms. The largest absolute Gasteiger partial charge is 0.508 e. The molecule has 2 unspecified atom stereocenters. The third kappa shape index (κ3) is 2.84. The molecule has 2 atom stereocenters. The van der Waals surface area contributed by atoms with Crippen LogP contribution in [0, 0.1) is 5.92 Å². The monoisotopic (exact) mass is 275 g/mol. The van der Waals surface area contributed by atoms with Gasteiger partial charge in [0.15, 0.2) is 0 Å². The minimum absolute atomic E-state index is 0.241. The first-order chi connectivity index (χ1) is 9.61. The summed E-state index contributed by atoms with van der Waals surface area (Å²) in [6, 6.07) is 7.57. The van der Waals surface area contributed by atoms with Crippen LogP contribution in [0.25, 0.3) is 0 Å². The van der Waals surface area contributed by atoms with Crippen LogP contribution in [0.4, 0.5) is 0 Å². The van der Waals surface area contributed by atoms with E-state index in [0.717, 1.165) is 31.0 Å². The molecule has 1 aromatic rings. The van der Waals surface area contributed by atoms with E-state index in [2.05, 4.69) is 24.8 Å². The Morgan fingerprint density at radius 3 is 2.85 bits per heavy atom. The Bertz CT molecular complexity index is 470. The van der Waals surface area contributed by atoms with E-state index in [9.17, 15) is 5.11 Å². The molecule has 3 rings (SSSR count). The summed E-state index contributed by atoms with van der Waals surface area (Å²) in [4.78, 5) is 2.55. The Morgan fingerprint density at radius 2 is 2.20 bits per heavy atom. The normalized spacial score (nSPS) is 31.4. The van der Waals surface area contributed by atoms with Crippen LogP contribution in [0.5, 0.6) is 5.75 Å². The van der Waals surface area contributed by atoms with Gasteiger partial charge in [-0.15, -0.1) is 0 Å². The fourth-order valence-corrected chi connectivity index (χ4v) is 3.40. The second kappa shape index (κ2) is 5.38. The Balaban J connectivity index is 1.85. The van der Waals surface area contributed by atoms with Crippen molar-refractivity contribution in [1.29, 1.82) is 0 Å². The number of hydrogen-bond acceptors (Lipinski definition) is 3. The molecule has 110 valence electrons. The molecule has 1 aromatic carbocycles. The van der Waals surface area contributed by atoms with E-state index in [-0.39, 0.29) is 11.7 Å². The average molecular weight is 275 g/mol. The topological polar surface area (TPSA) is 32.7 Å². The van der Waals surface area contributed by atoms with Gasteiger partial charge in [-0.1, -0.05) is 19.1 Å². The van der Waals surface area contributed by atoms with Crippen molar-refractivity contribution in [3.63, 3.8) is 0 Å². The standard InChI is InChI=1S/C17H25NO2/c1-3-17(15-5-4-6-16(19)9-15)12-18(10-13(2)20-17)11-14-7-8-14/h4-6,9,13-14,19H,3,7-8,10-12H2,1-2H3. The third-order valence-corrected chi connectivity index (χ3v) is 4.58. The summed E-state index contributed by atoms with van der Waals surface area (Å²) in [6.45, 7) is 7.50. The highest BCUT2D eigenvalue weighted by Crippen LogP contribution is 2.38. The van der Waals surface area contributed by atoms with Crippen LogP contribution in [-0.2, 0) is 10.3 Å². The Kier molecular flexibility index (Phi) is 3.74. The molecule has 0 bridgehead atoms. The maximum absolute atomic E-state index is 9.77. The highest BCUT2D eigenvalue weighted by atomic mass is 16.5. The smallest absolute Gasteiger partial charge is 0.115 e. The van der Waals surface area contributed by atoms with Gasteiger partial charge in [-0.2, -0.15) is 0 Å². The number of hydrogen-bond donors (Lipinski definition) is 1. The van der Waals surface area contributed by atoms with E-state index in [0.29, 0.717) is 5.75 Å². The van der Waals surface area contributed by atoms with Gasteiger partial charge in [0.25, 0.3) is 0 Å². The zero-order valence-electron chi connectivity index (χ0n) is 12.5. The molecule has 1 saturated heterocycles. The van der Waals surface area contributed by atoms with Gasteiger partial charge in [0, 0.05) is 19.6 Å². The number of nitrogens with zero attached hydrogens (tertiary/aromatic N) is 1. The van der Waals surface area contributed by atoms with Crippen molar-refractivity contribution >= 4 is 0 Å². The van der Waals surface area contributed by atoms with Crippen molar-refractivity contribution in [3.8, 4) is 5.75 Å².